The van der Waals surface area contributed by atoms with Crippen LogP contribution in [0.15, 0.2) is 6.08 Å². The number of hydrogen-bond donors (Lipinski definition) is 0. The molecule has 0 fully saturated rings. The van der Waals surface area contributed by atoms with Gasteiger partial charge in [-0.25, -0.2) is 0 Å². The van der Waals surface area contributed by atoms with Crippen LogP contribution in [0.1, 0.15) is 0 Å². The highest BCUT2D eigenvalue weighted by Crippen LogP contribution is 1.60. The predicted octanol–water partition coefficient (Wildman–Crippen LogP) is 0.622. The van der Waals surface area contributed by atoms with E-state index in [2.05, 4.69) is 4.74 Å². The lowest BCUT2D eigenvalue weighted by atomic mass is 10.7. The number of ether oxygens (including phenoxy) is 1. The average molecular weight is 71.1 g/mol. The Morgan fingerprint density at radius 1 is 2.00 bits per heavy atom. The summed E-state index contributed by atoms with van der Waals surface area (Å²) in [6.45, 7) is 5.43. The maximum Gasteiger partial charge on any atom is 0.0646 e. The van der Waals surface area contributed by atoms with Gasteiger partial charge in [-0.15, -0.1) is 0 Å². The van der Waals surface area contributed by atoms with Crippen molar-refractivity contribution in [3.05, 3.63) is 12.7 Å². The summed E-state index contributed by atoms with van der Waals surface area (Å²) < 4.78 is 4.51. The second-order valence-corrected chi connectivity index (χ2v) is 0.691. The molecule has 1 heteroatoms. The van der Waals surface area contributed by atoms with Crippen LogP contribution in [-0.4, -0.2) is 13.7 Å². The lowest BCUT2D eigenvalue weighted by Gasteiger charge is -1.79. The first kappa shape index (κ1) is 4.70. The van der Waals surface area contributed by atoms with E-state index < -0.39 is 0 Å². The first-order chi connectivity index (χ1) is 2.41. The van der Waals surface area contributed by atoms with Gasteiger partial charge in [-0.1, -0.05) is 12.7 Å². The minimum Gasteiger partial charge on any atom is -0.381 e. The molecule has 0 saturated carbocycles. The van der Waals surface area contributed by atoms with Gasteiger partial charge in [0.2, 0.25) is 0 Å². The van der Waals surface area contributed by atoms with E-state index in [0.29, 0.717) is 6.61 Å². The summed E-state index contributed by atoms with van der Waals surface area (Å²) in [4.78, 5) is 0. The van der Waals surface area contributed by atoms with E-state index in [1.807, 2.05) is 0 Å². The molecule has 0 heterocycles. The number of hydrogen-bond acceptors (Lipinski definition) is 1. The molecule has 0 aliphatic rings. The van der Waals surface area contributed by atoms with Gasteiger partial charge in [0, 0.05) is 7.11 Å². The summed E-state index contributed by atoms with van der Waals surface area (Å²) in [5.74, 6) is 0. The van der Waals surface area contributed by atoms with E-state index in [-0.39, 0.29) is 0 Å². The third-order valence-electron chi connectivity index (χ3n) is 0.263. The van der Waals surface area contributed by atoms with Crippen molar-refractivity contribution in [3.8, 4) is 0 Å². The molecule has 0 aromatic rings. The minimum atomic E-state index is 0.542. The van der Waals surface area contributed by atoms with Crippen molar-refractivity contribution in [1.29, 1.82) is 0 Å². The summed E-state index contributed by atoms with van der Waals surface area (Å²) in [5.41, 5.74) is 0. The van der Waals surface area contributed by atoms with Crippen LogP contribution in [0.5, 0.6) is 0 Å². The lowest BCUT2D eigenvalue weighted by Crippen LogP contribution is -1.76. The summed E-state index contributed by atoms with van der Waals surface area (Å²) in [5, 5.41) is 0. The predicted molar refractivity (Wildman–Crippen MR) is 20.7 cm³/mol. The molecule has 0 spiro atoms. The fourth-order valence-corrected chi connectivity index (χ4v) is 0.0962. The fourth-order valence-electron chi connectivity index (χ4n) is 0.0962. The highest BCUT2D eigenvalue weighted by atomic mass is 16.5. The first-order valence-electron chi connectivity index (χ1n) is 1.44. The van der Waals surface area contributed by atoms with Crippen molar-refractivity contribution in [2.75, 3.05) is 13.7 Å². The van der Waals surface area contributed by atoms with Gasteiger partial charge in [0.05, 0.1) is 6.61 Å². The second kappa shape index (κ2) is 3.70. The molecule has 0 amide bonds. The van der Waals surface area contributed by atoms with E-state index in [1.54, 1.807) is 7.11 Å². The minimum absolute atomic E-state index is 0.542. The summed E-state index contributed by atoms with van der Waals surface area (Å²) >= 11 is 0. The Labute approximate surface area is 32.3 Å². The molecule has 0 aromatic carbocycles. The van der Waals surface area contributed by atoms with E-state index in [1.165, 1.54) is 6.08 Å². The fraction of sp³-hybridized carbons (Fsp3) is 0.500. The highest BCUT2D eigenvalue weighted by molar-refractivity contribution is 4.57. The summed E-state index contributed by atoms with van der Waals surface area (Å²) in [6.07, 6.45) is 1.46. The van der Waals surface area contributed by atoms with Gasteiger partial charge in [-0.2, -0.15) is 0 Å². The molecule has 0 saturated heterocycles. The van der Waals surface area contributed by atoms with Crippen molar-refractivity contribution < 1.29 is 4.74 Å². The van der Waals surface area contributed by atoms with Crippen LogP contribution in [0.4, 0.5) is 0 Å². The quantitative estimate of drug-likeness (QED) is 0.463. The third-order valence-corrected chi connectivity index (χ3v) is 0.263. The van der Waals surface area contributed by atoms with Crippen LogP contribution >= 0.6 is 0 Å². The van der Waals surface area contributed by atoms with Crippen molar-refractivity contribution in [2.24, 2.45) is 0 Å². The van der Waals surface area contributed by atoms with Gasteiger partial charge in [0.25, 0.3) is 0 Å². The van der Waals surface area contributed by atoms with E-state index >= 15 is 0 Å². The van der Waals surface area contributed by atoms with E-state index in [9.17, 15) is 0 Å². The molecular weight excluding hydrogens is 64.0 g/mol. The smallest absolute Gasteiger partial charge is 0.0646 e. The topological polar surface area (TPSA) is 9.23 Å². The van der Waals surface area contributed by atoms with Crippen LogP contribution < -0.4 is 0 Å². The monoisotopic (exact) mass is 71.0 g/mol. The van der Waals surface area contributed by atoms with Crippen LogP contribution in [0.25, 0.3) is 0 Å². The van der Waals surface area contributed by atoms with Crippen LogP contribution in [0.3, 0.4) is 0 Å². The molecular formula is C4H7O. The highest BCUT2D eigenvalue weighted by Gasteiger charge is 1.58. The molecule has 0 aliphatic heterocycles. The summed E-state index contributed by atoms with van der Waals surface area (Å²) in [7, 11) is 1.60. The van der Waals surface area contributed by atoms with Crippen molar-refractivity contribution in [3.63, 3.8) is 0 Å². The van der Waals surface area contributed by atoms with Gasteiger partial charge >= 0.3 is 0 Å². The van der Waals surface area contributed by atoms with Crippen LogP contribution in [0.2, 0.25) is 0 Å². The molecule has 0 atom stereocenters. The Balaban J connectivity index is 2.40. The van der Waals surface area contributed by atoms with Gasteiger partial charge in [-0.3, -0.25) is 0 Å². The Hall–Kier alpha value is -0.300. The van der Waals surface area contributed by atoms with Crippen LogP contribution in [0, 0.1) is 6.58 Å². The Bertz CT molecular complexity index is 24.8. The molecule has 0 rings (SSSR count). The first-order valence-corrected chi connectivity index (χ1v) is 1.44. The van der Waals surface area contributed by atoms with Crippen molar-refractivity contribution in [1.82, 2.24) is 0 Å². The van der Waals surface area contributed by atoms with Gasteiger partial charge in [0.15, 0.2) is 0 Å². The number of methoxy groups -OCH3 is 1. The SMILES string of the molecule is [CH]=CCOC. The summed E-state index contributed by atoms with van der Waals surface area (Å²) in [6, 6.07) is 0. The standard InChI is InChI=1S/C4H7O/c1-3-4-5-2/h1,3H,4H2,2H3. The zero-order valence-corrected chi connectivity index (χ0v) is 3.27. The van der Waals surface area contributed by atoms with Crippen molar-refractivity contribution in [2.45, 2.75) is 0 Å². The van der Waals surface area contributed by atoms with Gasteiger partial charge in [0.1, 0.15) is 0 Å². The molecule has 1 nitrogen and oxygen atoms in total. The zero-order valence-electron chi connectivity index (χ0n) is 3.27. The average Bonchev–Trinajstić information content (AvgIpc) is 1.41. The van der Waals surface area contributed by atoms with Crippen molar-refractivity contribution >= 4 is 0 Å². The molecule has 0 aromatic heterocycles. The molecule has 0 unspecified atom stereocenters. The molecule has 0 bridgehead atoms. The molecule has 29 valence electrons. The molecule has 1 radical (unpaired) electrons. The molecule has 0 N–H and O–H groups in total. The van der Waals surface area contributed by atoms with Gasteiger partial charge in [-0.05, 0) is 0 Å². The Morgan fingerprint density at radius 3 is 2.60 bits per heavy atom. The largest absolute Gasteiger partial charge is 0.381 e. The van der Waals surface area contributed by atoms with E-state index in [4.69, 9.17) is 6.58 Å². The Kier molecular flexibility index (Phi) is 3.48. The number of rotatable bonds is 2. The maximum absolute atomic E-state index is 4.89. The normalized spacial score (nSPS) is 7.40. The maximum atomic E-state index is 4.89. The molecule has 5 heavy (non-hydrogen) atoms. The van der Waals surface area contributed by atoms with Gasteiger partial charge < -0.3 is 4.74 Å². The lowest BCUT2D eigenvalue weighted by molar-refractivity contribution is 0.234. The third kappa shape index (κ3) is 3.70. The molecule has 0 aliphatic carbocycles. The van der Waals surface area contributed by atoms with E-state index in [0.717, 1.165) is 0 Å². The second-order valence-electron chi connectivity index (χ2n) is 0.691. The van der Waals surface area contributed by atoms with Crippen LogP contribution in [-0.2, 0) is 4.74 Å². The Morgan fingerprint density at radius 2 is 2.60 bits per heavy atom. The zero-order chi connectivity index (χ0) is 4.12.